The van der Waals surface area contributed by atoms with Crippen molar-refractivity contribution in [2.45, 2.75) is 25.8 Å². The summed E-state index contributed by atoms with van der Waals surface area (Å²) in [7, 11) is 0. The third-order valence-corrected chi connectivity index (χ3v) is 5.15. The first-order chi connectivity index (χ1) is 13.8. The number of pyridine rings is 1. The van der Waals surface area contributed by atoms with Gasteiger partial charge in [-0.2, -0.15) is 0 Å². The molecule has 2 aliphatic heterocycles. The number of hydrogen-bond acceptors (Lipinski definition) is 6. The van der Waals surface area contributed by atoms with E-state index in [-0.39, 0.29) is 5.78 Å². The summed E-state index contributed by atoms with van der Waals surface area (Å²) in [6, 6.07) is 9.78. The van der Waals surface area contributed by atoms with Crippen LogP contribution in [0.5, 0.6) is 5.75 Å². The Morgan fingerprint density at radius 1 is 1.21 bits per heavy atom. The van der Waals surface area contributed by atoms with E-state index in [0.29, 0.717) is 30.2 Å². The van der Waals surface area contributed by atoms with Crippen LogP contribution in [-0.2, 0) is 11.3 Å². The molecule has 1 N–H and O–H groups in total. The second kappa shape index (κ2) is 9.08. The van der Waals surface area contributed by atoms with Crippen LogP contribution in [-0.4, -0.2) is 42.8 Å². The smallest absolute Gasteiger partial charge is 0.170 e. The number of nitrogens with one attached hydrogen (secondary N) is 1. The highest BCUT2D eigenvalue weighted by Crippen LogP contribution is 2.25. The van der Waals surface area contributed by atoms with Crippen molar-refractivity contribution >= 4 is 17.2 Å². The third-order valence-electron chi connectivity index (χ3n) is 5.15. The molecule has 6 heteroatoms. The summed E-state index contributed by atoms with van der Waals surface area (Å²) in [5.41, 5.74) is 3.18. The molecule has 146 valence electrons. The van der Waals surface area contributed by atoms with Gasteiger partial charge in [0.1, 0.15) is 12.4 Å². The lowest BCUT2D eigenvalue weighted by Gasteiger charge is -2.22. The molecule has 2 aromatic rings. The van der Waals surface area contributed by atoms with E-state index in [9.17, 15) is 4.79 Å². The molecular formula is C22H25N3O3. The summed E-state index contributed by atoms with van der Waals surface area (Å²) in [4.78, 5) is 20.8. The molecule has 6 nitrogen and oxygen atoms in total. The maximum atomic E-state index is 12.2. The molecule has 4 rings (SSSR count). The number of Topliss-reactive ketones (excluding diaryl/α,β-unsaturated/α-hetero) is 1. The summed E-state index contributed by atoms with van der Waals surface area (Å²) in [5, 5.41) is 3.53. The summed E-state index contributed by atoms with van der Waals surface area (Å²) in [6.45, 7) is 3.89. The molecule has 0 unspecified atom stereocenters. The van der Waals surface area contributed by atoms with E-state index in [2.05, 4.69) is 21.4 Å². The van der Waals surface area contributed by atoms with E-state index in [4.69, 9.17) is 9.47 Å². The van der Waals surface area contributed by atoms with Gasteiger partial charge in [-0.25, -0.2) is 0 Å². The minimum atomic E-state index is 0.0667. The molecule has 0 spiro atoms. The maximum absolute atomic E-state index is 12.2. The minimum Gasteiger partial charge on any atom is -0.488 e. The molecule has 0 saturated carbocycles. The van der Waals surface area contributed by atoms with Gasteiger partial charge in [-0.05, 0) is 49.1 Å². The summed E-state index contributed by atoms with van der Waals surface area (Å²) in [5.74, 6) is 1.56. The Labute approximate surface area is 165 Å². The molecule has 1 aromatic heterocycles. The molecule has 28 heavy (non-hydrogen) atoms. The molecule has 1 saturated heterocycles. The number of aliphatic imine (C=N–C) groups is 1. The van der Waals surface area contributed by atoms with Crippen molar-refractivity contribution in [3.63, 3.8) is 0 Å². The molecule has 0 amide bonds. The molecule has 0 radical (unpaired) electrons. The van der Waals surface area contributed by atoms with Crippen LogP contribution < -0.4 is 10.1 Å². The van der Waals surface area contributed by atoms with Gasteiger partial charge >= 0.3 is 0 Å². The molecular weight excluding hydrogens is 354 g/mol. The first-order valence-corrected chi connectivity index (χ1v) is 9.82. The number of ether oxygens (including phenoxy) is 2. The van der Waals surface area contributed by atoms with Gasteiger partial charge in [-0.1, -0.05) is 12.1 Å². The standard InChI is InChI=1S/C22H25N3O3/c26-22-11-18(25-21-14-23-7-4-20(21)22)15-28-19-3-1-2-17(10-19)13-24-12-16-5-8-27-9-6-16/h1-4,7,10,14,16,24H,5-6,8-9,11-13,15H2. The van der Waals surface area contributed by atoms with Gasteiger partial charge in [-0.15, -0.1) is 0 Å². The van der Waals surface area contributed by atoms with Crippen molar-refractivity contribution in [1.29, 1.82) is 0 Å². The van der Waals surface area contributed by atoms with Gasteiger partial charge in [0.25, 0.3) is 0 Å². The van der Waals surface area contributed by atoms with Crippen LogP contribution in [0.3, 0.4) is 0 Å². The first kappa shape index (κ1) is 18.8. The highest BCUT2D eigenvalue weighted by atomic mass is 16.5. The van der Waals surface area contributed by atoms with Crippen LogP contribution in [0.4, 0.5) is 5.69 Å². The lowest BCUT2D eigenvalue weighted by molar-refractivity contribution is 0.0662. The number of nitrogens with zero attached hydrogens (tertiary/aromatic N) is 2. The monoisotopic (exact) mass is 379 g/mol. The van der Waals surface area contributed by atoms with Gasteiger partial charge in [0.05, 0.1) is 24.0 Å². The van der Waals surface area contributed by atoms with E-state index in [0.717, 1.165) is 50.6 Å². The second-order valence-corrected chi connectivity index (χ2v) is 7.29. The van der Waals surface area contributed by atoms with E-state index < -0.39 is 0 Å². The van der Waals surface area contributed by atoms with Gasteiger partial charge in [0.2, 0.25) is 0 Å². The Kier molecular flexibility index (Phi) is 6.09. The fraction of sp³-hybridized carbons (Fsp3) is 0.409. The van der Waals surface area contributed by atoms with Crippen molar-refractivity contribution < 1.29 is 14.3 Å². The molecule has 0 bridgehead atoms. The predicted octanol–water partition coefficient (Wildman–Crippen LogP) is 3.34. The van der Waals surface area contributed by atoms with Gasteiger partial charge in [0.15, 0.2) is 5.78 Å². The van der Waals surface area contributed by atoms with E-state index in [1.807, 2.05) is 18.2 Å². The topological polar surface area (TPSA) is 72.8 Å². The normalized spacial score (nSPS) is 17.1. The van der Waals surface area contributed by atoms with Gasteiger partial charge in [0, 0.05) is 31.5 Å². The second-order valence-electron chi connectivity index (χ2n) is 7.29. The summed E-state index contributed by atoms with van der Waals surface area (Å²) >= 11 is 0. The van der Waals surface area contributed by atoms with Crippen LogP contribution in [0.2, 0.25) is 0 Å². The molecule has 1 fully saturated rings. The van der Waals surface area contributed by atoms with Crippen LogP contribution >= 0.6 is 0 Å². The van der Waals surface area contributed by atoms with Crippen LogP contribution in [0.1, 0.15) is 35.2 Å². The lowest BCUT2D eigenvalue weighted by atomic mass is 10.0. The van der Waals surface area contributed by atoms with Crippen molar-refractivity contribution in [1.82, 2.24) is 10.3 Å². The highest BCUT2D eigenvalue weighted by molar-refractivity contribution is 6.16. The Balaban J connectivity index is 1.30. The number of hydrogen-bond donors (Lipinski definition) is 1. The number of ketones is 1. The first-order valence-electron chi connectivity index (χ1n) is 9.82. The van der Waals surface area contributed by atoms with E-state index in [1.165, 1.54) is 5.56 Å². The average molecular weight is 379 g/mol. The van der Waals surface area contributed by atoms with Crippen molar-refractivity contribution in [2.75, 3.05) is 26.4 Å². The largest absolute Gasteiger partial charge is 0.488 e. The SMILES string of the molecule is O=C1CC(COc2cccc(CNCC3CCOCC3)c2)=Nc2cnccc21. The fourth-order valence-corrected chi connectivity index (χ4v) is 3.57. The Morgan fingerprint density at radius 2 is 2.11 bits per heavy atom. The van der Waals surface area contributed by atoms with Crippen molar-refractivity contribution in [3.8, 4) is 5.75 Å². The van der Waals surface area contributed by atoms with Gasteiger partial charge < -0.3 is 14.8 Å². The fourth-order valence-electron chi connectivity index (χ4n) is 3.57. The number of fused-ring (bicyclic) bond motifs is 1. The quantitative estimate of drug-likeness (QED) is 0.799. The maximum Gasteiger partial charge on any atom is 0.170 e. The van der Waals surface area contributed by atoms with Crippen LogP contribution in [0.25, 0.3) is 0 Å². The molecule has 0 atom stereocenters. The van der Waals surface area contributed by atoms with Crippen molar-refractivity contribution in [2.24, 2.45) is 10.9 Å². The van der Waals surface area contributed by atoms with Crippen molar-refractivity contribution in [3.05, 3.63) is 53.9 Å². The van der Waals surface area contributed by atoms with Crippen LogP contribution in [0, 0.1) is 5.92 Å². The number of carbonyl (C=O) groups excluding carboxylic acids is 1. The number of carbonyl (C=O) groups is 1. The molecule has 3 heterocycles. The lowest BCUT2D eigenvalue weighted by Crippen LogP contribution is -2.27. The molecule has 0 aliphatic carbocycles. The predicted molar refractivity (Wildman–Crippen MR) is 107 cm³/mol. The minimum absolute atomic E-state index is 0.0667. The zero-order valence-corrected chi connectivity index (χ0v) is 15.9. The summed E-state index contributed by atoms with van der Waals surface area (Å²) in [6.07, 6.45) is 5.81. The van der Waals surface area contributed by atoms with E-state index in [1.54, 1.807) is 18.5 Å². The number of benzene rings is 1. The third kappa shape index (κ3) is 4.82. The zero-order valence-electron chi connectivity index (χ0n) is 15.9. The zero-order chi connectivity index (χ0) is 19.2. The Morgan fingerprint density at radius 3 is 3.00 bits per heavy atom. The average Bonchev–Trinajstić information content (AvgIpc) is 2.73. The number of rotatable bonds is 7. The number of aromatic nitrogens is 1. The van der Waals surface area contributed by atoms with Crippen LogP contribution in [0.15, 0.2) is 47.7 Å². The van der Waals surface area contributed by atoms with Gasteiger partial charge in [-0.3, -0.25) is 14.8 Å². The van der Waals surface area contributed by atoms with E-state index >= 15 is 0 Å². The summed E-state index contributed by atoms with van der Waals surface area (Å²) < 4.78 is 11.3. The highest BCUT2D eigenvalue weighted by Gasteiger charge is 2.20. The Bertz CT molecular complexity index is 860. The molecule has 1 aromatic carbocycles. The molecule has 2 aliphatic rings. The Hall–Kier alpha value is -2.57.